The molecular weight excluding hydrogens is 335 g/mol. The Kier molecular flexibility index (Phi) is 3.76. The zero-order valence-corrected chi connectivity index (χ0v) is 14.2. The lowest BCUT2D eigenvalue weighted by Crippen LogP contribution is -2.11. The van der Waals surface area contributed by atoms with Gasteiger partial charge in [-0.2, -0.15) is 5.10 Å². The molecule has 0 radical (unpaired) electrons. The van der Waals surface area contributed by atoms with Crippen LogP contribution in [0.2, 0.25) is 0 Å². The number of carbonyl (C=O) groups excluding carboxylic acids is 1. The fourth-order valence-corrected chi connectivity index (χ4v) is 2.80. The summed E-state index contributed by atoms with van der Waals surface area (Å²) >= 11 is 0. The molecule has 0 fully saturated rings. The Morgan fingerprint density at radius 1 is 1.19 bits per heavy atom. The van der Waals surface area contributed by atoms with Crippen LogP contribution in [0.25, 0.3) is 22.4 Å². The highest BCUT2D eigenvalue weighted by molar-refractivity contribution is 6.03. The standard InChI is InChI=1S/C19H15FN4O2/c1-11-15-9-14(10-21-18(15)24(2)23-11)22-19(25)17-8-7-16(26-17)12-3-5-13(20)6-4-12/h3-10H,1-2H3,(H,22,25). The van der Waals surface area contributed by atoms with E-state index < -0.39 is 0 Å². The number of pyridine rings is 1. The van der Waals surface area contributed by atoms with Gasteiger partial charge in [-0.05, 0) is 49.4 Å². The predicted molar refractivity (Wildman–Crippen MR) is 95.3 cm³/mol. The number of anilines is 1. The largest absolute Gasteiger partial charge is 0.451 e. The maximum atomic E-state index is 13.0. The second kappa shape index (κ2) is 6.11. The number of carbonyl (C=O) groups is 1. The van der Waals surface area contributed by atoms with E-state index in [0.717, 1.165) is 16.7 Å². The SMILES string of the molecule is Cc1nn(C)c2ncc(NC(=O)c3ccc(-c4ccc(F)cc4)o3)cc12. The molecule has 1 amide bonds. The molecule has 3 aromatic heterocycles. The monoisotopic (exact) mass is 350 g/mol. The Hall–Kier alpha value is -3.48. The number of hydrogen-bond donors (Lipinski definition) is 1. The van der Waals surface area contributed by atoms with E-state index in [9.17, 15) is 9.18 Å². The average molecular weight is 350 g/mol. The zero-order chi connectivity index (χ0) is 18.3. The summed E-state index contributed by atoms with van der Waals surface area (Å²) in [7, 11) is 1.82. The van der Waals surface area contributed by atoms with Crippen LogP contribution in [0.3, 0.4) is 0 Å². The molecule has 4 rings (SSSR count). The van der Waals surface area contributed by atoms with Crippen molar-refractivity contribution >= 4 is 22.6 Å². The second-order valence-corrected chi connectivity index (χ2v) is 5.93. The first kappa shape index (κ1) is 16.0. The average Bonchev–Trinajstić information content (AvgIpc) is 3.22. The number of amides is 1. The van der Waals surface area contributed by atoms with Crippen LogP contribution in [0.15, 0.2) is 53.1 Å². The van der Waals surface area contributed by atoms with Gasteiger partial charge >= 0.3 is 0 Å². The molecule has 4 aromatic rings. The van der Waals surface area contributed by atoms with Crippen LogP contribution in [0.5, 0.6) is 0 Å². The molecular formula is C19H15FN4O2. The third-order valence-electron chi connectivity index (χ3n) is 4.08. The lowest BCUT2D eigenvalue weighted by Gasteiger charge is -2.03. The van der Waals surface area contributed by atoms with Crippen LogP contribution in [0, 0.1) is 12.7 Å². The van der Waals surface area contributed by atoms with Gasteiger partial charge in [0.15, 0.2) is 11.4 Å². The summed E-state index contributed by atoms with van der Waals surface area (Å²) in [5, 5.41) is 7.95. The smallest absolute Gasteiger partial charge is 0.291 e. The first-order valence-corrected chi connectivity index (χ1v) is 7.98. The first-order valence-electron chi connectivity index (χ1n) is 7.98. The predicted octanol–water partition coefficient (Wildman–Crippen LogP) is 3.93. The van der Waals surface area contributed by atoms with Gasteiger partial charge in [-0.3, -0.25) is 9.48 Å². The molecule has 1 N–H and O–H groups in total. The van der Waals surface area contributed by atoms with E-state index in [0.29, 0.717) is 17.0 Å². The summed E-state index contributed by atoms with van der Waals surface area (Å²) < 4.78 is 20.3. The maximum absolute atomic E-state index is 13.0. The molecule has 0 unspecified atom stereocenters. The zero-order valence-electron chi connectivity index (χ0n) is 14.2. The molecule has 0 saturated carbocycles. The number of benzene rings is 1. The van der Waals surface area contributed by atoms with Gasteiger partial charge in [0.25, 0.3) is 5.91 Å². The summed E-state index contributed by atoms with van der Waals surface area (Å²) in [6, 6.07) is 11.0. The quantitative estimate of drug-likeness (QED) is 0.608. The molecule has 26 heavy (non-hydrogen) atoms. The highest BCUT2D eigenvalue weighted by atomic mass is 19.1. The fourth-order valence-electron chi connectivity index (χ4n) is 2.80. The van der Waals surface area contributed by atoms with Crippen molar-refractivity contribution in [2.45, 2.75) is 6.92 Å². The topological polar surface area (TPSA) is 73.0 Å². The normalized spacial score (nSPS) is 11.0. The van der Waals surface area contributed by atoms with Crippen LogP contribution >= 0.6 is 0 Å². The number of furan rings is 1. The van der Waals surface area contributed by atoms with Gasteiger partial charge in [0.05, 0.1) is 17.6 Å². The van der Waals surface area contributed by atoms with E-state index >= 15 is 0 Å². The van der Waals surface area contributed by atoms with Gasteiger partial charge in [-0.15, -0.1) is 0 Å². The second-order valence-electron chi connectivity index (χ2n) is 5.93. The van der Waals surface area contributed by atoms with Gasteiger partial charge in [0, 0.05) is 18.0 Å². The first-order chi connectivity index (χ1) is 12.5. The molecule has 1 aromatic carbocycles. The third-order valence-corrected chi connectivity index (χ3v) is 4.08. The van der Waals surface area contributed by atoms with E-state index in [1.54, 1.807) is 35.1 Å². The van der Waals surface area contributed by atoms with Crippen LogP contribution in [-0.4, -0.2) is 20.7 Å². The van der Waals surface area contributed by atoms with Crippen molar-refractivity contribution in [1.82, 2.24) is 14.8 Å². The number of hydrogen-bond acceptors (Lipinski definition) is 4. The van der Waals surface area contributed by atoms with Crippen LogP contribution < -0.4 is 5.32 Å². The Morgan fingerprint density at radius 3 is 2.73 bits per heavy atom. The minimum absolute atomic E-state index is 0.160. The van der Waals surface area contributed by atoms with Gasteiger partial charge in [0.2, 0.25) is 0 Å². The Bertz CT molecular complexity index is 1110. The molecule has 0 aliphatic carbocycles. The number of nitrogens with one attached hydrogen (secondary N) is 1. The van der Waals surface area contributed by atoms with Gasteiger partial charge < -0.3 is 9.73 Å². The number of aromatic nitrogens is 3. The highest BCUT2D eigenvalue weighted by Gasteiger charge is 2.14. The van der Waals surface area contributed by atoms with Gasteiger partial charge in [0.1, 0.15) is 11.6 Å². The number of aryl methyl sites for hydroxylation is 2. The Labute approximate surface area is 148 Å². The van der Waals surface area contributed by atoms with Crippen molar-refractivity contribution in [2.24, 2.45) is 7.05 Å². The van der Waals surface area contributed by atoms with E-state index in [4.69, 9.17) is 4.42 Å². The number of fused-ring (bicyclic) bond motifs is 1. The minimum atomic E-state index is -0.388. The van der Waals surface area contributed by atoms with Gasteiger partial charge in [-0.25, -0.2) is 9.37 Å². The van der Waals surface area contributed by atoms with E-state index in [1.807, 2.05) is 20.0 Å². The van der Waals surface area contributed by atoms with Crippen molar-refractivity contribution in [3.8, 4) is 11.3 Å². The van der Waals surface area contributed by atoms with Crippen LogP contribution in [0.1, 0.15) is 16.2 Å². The van der Waals surface area contributed by atoms with Crippen molar-refractivity contribution in [3.05, 3.63) is 65.9 Å². The minimum Gasteiger partial charge on any atom is -0.451 e. The van der Waals surface area contributed by atoms with E-state index in [1.165, 1.54) is 12.1 Å². The van der Waals surface area contributed by atoms with E-state index in [-0.39, 0.29) is 17.5 Å². The van der Waals surface area contributed by atoms with Crippen molar-refractivity contribution in [2.75, 3.05) is 5.32 Å². The fraction of sp³-hybridized carbons (Fsp3) is 0.105. The van der Waals surface area contributed by atoms with Crippen molar-refractivity contribution in [1.29, 1.82) is 0 Å². The lowest BCUT2D eigenvalue weighted by molar-refractivity contribution is 0.0997. The van der Waals surface area contributed by atoms with E-state index in [2.05, 4.69) is 15.4 Å². The molecule has 130 valence electrons. The molecule has 0 aliphatic heterocycles. The number of halogens is 1. The summed E-state index contributed by atoms with van der Waals surface area (Å²) in [6.07, 6.45) is 1.57. The summed E-state index contributed by atoms with van der Waals surface area (Å²) in [5.74, 6) is -0.0629. The van der Waals surface area contributed by atoms with Crippen molar-refractivity contribution < 1.29 is 13.6 Å². The molecule has 7 heteroatoms. The Balaban J connectivity index is 1.57. The molecule has 0 aliphatic rings. The molecule has 3 heterocycles. The third kappa shape index (κ3) is 2.83. The molecule has 0 bridgehead atoms. The molecule has 0 saturated heterocycles. The lowest BCUT2D eigenvalue weighted by atomic mass is 10.2. The summed E-state index contributed by atoms with van der Waals surface area (Å²) in [6.45, 7) is 1.89. The number of rotatable bonds is 3. The highest BCUT2D eigenvalue weighted by Crippen LogP contribution is 2.24. The Morgan fingerprint density at radius 2 is 1.96 bits per heavy atom. The molecule has 0 spiro atoms. The summed E-state index contributed by atoms with van der Waals surface area (Å²) in [4.78, 5) is 16.8. The molecule has 0 atom stereocenters. The van der Waals surface area contributed by atoms with Gasteiger partial charge in [-0.1, -0.05) is 0 Å². The van der Waals surface area contributed by atoms with Crippen LogP contribution in [-0.2, 0) is 7.05 Å². The number of nitrogens with zero attached hydrogens (tertiary/aromatic N) is 3. The molecule has 6 nitrogen and oxygen atoms in total. The maximum Gasteiger partial charge on any atom is 0.291 e. The van der Waals surface area contributed by atoms with Crippen LogP contribution in [0.4, 0.5) is 10.1 Å². The summed E-state index contributed by atoms with van der Waals surface area (Å²) in [5.41, 5.74) is 2.83. The van der Waals surface area contributed by atoms with Crippen molar-refractivity contribution in [3.63, 3.8) is 0 Å².